The molecule has 5 rings (SSSR count). The first-order chi connectivity index (χ1) is 15.4. The second-order valence-corrected chi connectivity index (χ2v) is 8.23. The largest absolute Gasteiger partial charge is 0.423 e. The van der Waals surface area contributed by atoms with Crippen LogP contribution in [0.1, 0.15) is 27.0 Å². The van der Waals surface area contributed by atoms with E-state index in [1.807, 2.05) is 87.5 Å². The van der Waals surface area contributed by atoms with Crippen LogP contribution in [0.15, 0.2) is 71.5 Å². The van der Waals surface area contributed by atoms with Gasteiger partial charge in [-0.05, 0) is 55.1 Å². The highest BCUT2D eigenvalue weighted by atomic mass is 16.2. The van der Waals surface area contributed by atoms with E-state index >= 15 is 0 Å². The van der Waals surface area contributed by atoms with Gasteiger partial charge in [-0.1, -0.05) is 53.6 Å². The van der Waals surface area contributed by atoms with Crippen LogP contribution >= 0.6 is 0 Å². The maximum atomic E-state index is 13.4. The lowest BCUT2D eigenvalue weighted by Crippen LogP contribution is -2.31. The lowest BCUT2D eigenvalue weighted by Gasteiger charge is -2.10. The Kier molecular flexibility index (Phi) is 4.70. The number of H-pyrrole nitrogens is 1. The average Bonchev–Trinajstić information content (AvgIpc) is 3.23. The predicted octanol–water partition coefficient (Wildman–Crippen LogP) is 3.94. The minimum Gasteiger partial charge on any atom is -0.292 e. The number of hydrogen-bond donors (Lipinski definition) is 0. The predicted molar refractivity (Wildman–Crippen MR) is 124 cm³/mol. The molecule has 2 heterocycles. The summed E-state index contributed by atoms with van der Waals surface area (Å²) in [4.78, 5) is 29.9. The zero-order valence-corrected chi connectivity index (χ0v) is 18.2. The number of nitrogens with one attached hydrogen (secondary N) is 1. The van der Waals surface area contributed by atoms with Gasteiger partial charge in [-0.25, -0.2) is 9.78 Å². The van der Waals surface area contributed by atoms with Crippen molar-refractivity contribution in [2.75, 3.05) is 0 Å². The van der Waals surface area contributed by atoms with Crippen LogP contribution in [-0.4, -0.2) is 20.0 Å². The van der Waals surface area contributed by atoms with Crippen molar-refractivity contribution >= 4 is 22.3 Å². The van der Waals surface area contributed by atoms with Crippen LogP contribution in [0.5, 0.6) is 0 Å². The van der Waals surface area contributed by atoms with Crippen molar-refractivity contribution in [3.05, 3.63) is 99.5 Å². The van der Waals surface area contributed by atoms with E-state index in [0.29, 0.717) is 22.6 Å². The number of carbonyl (C=O) groups is 1. The second-order valence-electron chi connectivity index (χ2n) is 8.23. The van der Waals surface area contributed by atoms with E-state index in [-0.39, 0.29) is 18.0 Å². The average molecular weight is 423 g/mol. The highest BCUT2D eigenvalue weighted by Crippen LogP contribution is 2.19. The first-order valence-electron chi connectivity index (χ1n) is 10.5. The monoisotopic (exact) mass is 423 g/mol. The Labute approximate surface area is 184 Å². The zero-order valence-electron chi connectivity index (χ0n) is 18.2. The number of carbonyl (C=O) groups excluding carboxylic acids is 1. The number of benzene rings is 3. The van der Waals surface area contributed by atoms with E-state index in [0.717, 1.165) is 27.6 Å². The number of fused-ring (bicyclic) bond motifs is 3. The normalized spacial score (nSPS) is 11.3. The Hall–Kier alpha value is -4.06. The summed E-state index contributed by atoms with van der Waals surface area (Å²) in [6.45, 7) is 5.88. The van der Waals surface area contributed by atoms with Crippen LogP contribution in [0, 0.1) is 20.8 Å². The number of ketones is 1. The number of Topliss-reactive ketones (excluding diaryl/α,β-unsaturated/α-hetero) is 1. The summed E-state index contributed by atoms with van der Waals surface area (Å²) in [5, 5.41) is 5.37. The van der Waals surface area contributed by atoms with Crippen molar-refractivity contribution in [1.29, 1.82) is 0 Å². The van der Waals surface area contributed by atoms with Gasteiger partial charge in [0, 0.05) is 5.56 Å². The highest BCUT2D eigenvalue weighted by molar-refractivity contribution is 5.98. The van der Waals surface area contributed by atoms with Gasteiger partial charge in [-0.2, -0.15) is 0 Å². The molecule has 5 aromatic rings. The highest BCUT2D eigenvalue weighted by Gasteiger charge is 2.24. The van der Waals surface area contributed by atoms with Crippen molar-refractivity contribution in [3.8, 4) is 11.4 Å². The van der Waals surface area contributed by atoms with Gasteiger partial charge in [0.05, 0.1) is 28.1 Å². The zero-order chi connectivity index (χ0) is 22.4. The number of hydrogen-bond acceptors (Lipinski definition) is 3. The molecule has 1 N–H and O–H groups in total. The first kappa shape index (κ1) is 19.9. The van der Waals surface area contributed by atoms with Gasteiger partial charge in [0.1, 0.15) is 0 Å². The molecule has 0 radical (unpaired) electrons. The lowest BCUT2D eigenvalue weighted by molar-refractivity contribution is -0.331. The fraction of sp³-hybridized carbons (Fsp3) is 0.154. The van der Waals surface area contributed by atoms with Crippen LogP contribution in [0.4, 0.5) is 0 Å². The number of aromatic amines is 1. The van der Waals surface area contributed by atoms with Crippen LogP contribution in [-0.2, 0) is 6.54 Å². The summed E-state index contributed by atoms with van der Waals surface area (Å²) >= 11 is 0. The molecule has 32 heavy (non-hydrogen) atoms. The Morgan fingerprint density at radius 1 is 0.938 bits per heavy atom. The number of rotatable bonds is 4. The van der Waals surface area contributed by atoms with E-state index in [2.05, 4.69) is 10.1 Å². The van der Waals surface area contributed by atoms with E-state index in [1.54, 1.807) is 0 Å². The number of aromatic nitrogens is 4. The lowest BCUT2D eigenvalue weighted by atomic mass is 10.0. The fourth-order valence-electron chi connectivity index (χ4n) is 4.14. The molecule has 2 aromatic heterocycles. The van der Waals surface area contributed by atoms with Gasteiger partial charge in [0.15, 0.2) is 5.78 Å². The summed E-state index contributed by atoms with van der Waals surface area (Å²) < 4.78 is 2.86. The molecular formula is C26H23N4O2+. The minimum atomic E-state index is -0.355. The molecule has 0 aliphatic rings. The van der Waals surface area contributed by atoms with E-state index in [9.17, 15) is 9.59 Å². The number of nitrogens with zero attached hydrogens (tertiary/aromatic N) is 3. The van der Waals surface area contributed by atoms with E-state index in [1.165, 1.54) is 9.08 Å². The number of para-hydroxylation sites is 1. The molecule has 0 unspecified atom stereocenters. The Morgan fingerprint density at radius 2 is 1.66 bits per heavy atom. The van der Waals surface area contributed by atoms with Gasteiger partial charge in [0.25, 0.3) is 5.65 Å². The van der Waals surface area contributed by atoms with E-state index in [4.69, 9.17) is 0 Å². The van der Waals surface area contributed by atoms with Crippen molar-refractivity contribution in [1.82, 2.24) is 14.2 Å². The number of aryl methyl sites for hydroxylation is 3. The van der Waals surface area contributed by atoms with Crippen LogP contribution in [0.3, 0.4) is 0 Å². The molecule has 0 spiro atoms. The van der Waals surface area contributed by atoms with Crippen LogP contribution < -0.4 is 10.7 Å². The molecule has 6 nitrogen and oxygen atoms in total. The first-order valence-corrected chi connectivity index (χ1v) is 10.5. The van der Waals surface area contributed by atoms with E-state index < -0.39 is 0 Å². The molecule has 0 amide bonds. The third-order valence-electron chi connectivity index (χ3n) is 5.82. The van der Waals surface area contributed by atoms with Crippen LogP contribution in [0.25, 0.3) is 27.9 Å². The molecule has 6 heteroatoms. The van der Waals surface area contributed by atoms with Crippen molar-refractivity contribution in [3.63, 3.8) is 0 Å². The molecule has 3 aromatic carbocycles. The molecular weight excluding hydrogens is 400 g/mol. The molecule has 0 saturated carbocycles. The summed E-state index contributed by atoms with van der Waals surface area (Å²) in [6.07, 6.45) is 0. The molecule has 0 fully saturated rings. The third-order valence-corrected chi connectivity index (χ3v) is 5.82. The molecule has 0 saturated heterocycles. The van der Waals surface area contributed by atoms with Crippen molar-refractivity contribution < 1.29 is 9.78 Å². The standard InChI is InChI=1S/C26H22N4O2/c1-16-8-11-19(12-9-16)24-27-25-21-6-4-5-7-22(21)29(26(32)30(25)28-24)15-23(31)20-13-10-17(2)14-18(20)3/h4-14H,15H2,1-3H3/p+1. The van der Waals surface area contributed by atoms with Crippen molar-refractivity contribution in [2.24, 2.45) is 0 Å². The third kappa shape index (κ3) is 3.30. The maximum absolute atomic E-state index is 13.4. The van der Waals surface area contributed by atoms with Gasteiger partial charge in [-0.15, -0.1) is 0 Å². The Balaban J connectivity index is 1.68. The van der Waals surface area contributed by atoms with Gasteiger partial charge < -0.3 is 0 Å². The minimum absolute atomic E-state index is 0.0566. The summed E-state index contributed by atoms with van der Waals surface area (Å²) in [5.41, 5.74) is 5.61. The molecule has 0 bridgehead atoms. The van der Waals surface area contributed by atoms with Crippen LogP contribution in [0.2, 0.25) is 0 Å². The smallest absolute Gasteiger partial charge is 0.292 e. The molecule has 0 aliphatic heterocycles. The van der Waals surface area contributed by atoms with Gasteiger partial charge in [-0.3, -0.25) is 9.36 Å². The fourth-order valence-corrected chi connectivity index (χ4v) is 4.14. The quantitative estimate of drug-likeness (QED) is 0.411. The topological polar surface area (TPSA) is 70.5 Å². The maximum Gasteiger partial charge on any atom is 0.423 e. The summed E-state index contributed by atoms with van der Waals surface area (Å²) in [5.74, 6) is 0.495. The molecule has 0 atom stereocenters. The Morgan fingerprint density at radius 3 is 2.41 bits per heavy atom. The SMILES string of the molecule is Cc1ccc(-c2nn3c(=O)n(CC(=O)c4ccc(C)cc4C)c4ccccc4c3[nH+]2)cc1. The molecule has 0 aliphatic carbocycles. The summed E-state index contributed by atoms with van der Waals surface area (Å²) in [7, 11) is 0. The second kappa shape index (κ2) is 7.57. The Bertz CT molecular complexity index is 1560. The van der Waals surface area contributed by atoms with Crippen molar-refractivity contribution in [2.45, 2.75) is 27.3 Å². The van der Waals surface area contributed by atoms with Gasteiger partial charge >= 0.3 is 11.5 Å². The summed E-state index contributed by atoms with van der Waals surface area (Å²) in [6, 6.07) is 21.2. The molecule has 158 valence electrons. The van der Waals surface area contributed by atoms with Gasteiger partial charge in [0.2, 0.25) is 0 Å².